The molecule has 2 saturated heterocycles. The molecule has 26 heavy (non-hydrogen) atoms. The number of imidazole rings is 1. The summed E-state index contributed by atoms with van der Waals surface area (Å²) in [7, 11) is 0. The van der Waals surface area contributed by atoms with Gasteiger partial charge in [0.1, 0.15) is 25.0 Å². The Balaban J connectivity index is 0.000000189. The van der Waals surface area contributed by atoms with Crippen molar-refractivity contribution in [3.8, 4) is 0 Å². The topological polar surface area (TPSA) is 122 Å². The fraction of sp³-hybridized carbons (Fsp3) is 0.812. The first-order valence-corrected chi connectivity index (χ1v) is 9.37. The van der Waals surface area contributed by atoms with Crippen molar-refractivity contribution in [3.63, 3.8) is 0 Å². The van der Waals surface area contributed by atoms with Gasteiger partial charge in [-0.25, -0.2) is 4.57 Å². The first-order chi connectivity index (χ1) is 12.8. The van der Waals surface area contributed by atoms with Crippen LogP contribution in [-0.4, -0.2) is 79.5 Å². The van der Waals surface area contributed by atoms with Gasteiger partial charge in [0.05, 0.1) is 6.61 Å². The lowest BCUT2D eigenvalue weighted by Gasteiger charge is -2.10. The second-order valence-corrected chi connectivity index (χ2v) is 6.30. The average Bonchev–Trinajstić information content (AvgIpc) is 3.32. The average molecular weight is 369 g/mol. The molecule has 1 aromatic heterocycles. The van der Waals surface area contributed by atoms with E-state index in [2.05, 4.69) is 26.3 Å². The zero-order valence-electron chi connectivity index (χ0n) is 15.3. The number of hydrogen-bond acceptors (Lipinski definition) is 8. The molecule has 0 aromatic carbocycles. The smallest absolute Gasteiger partial charge is 0.390 e. The number of nitrogens with one attached hydrogen (secondary N) is 4. The Morgan fingerprint density at radius 1 is 1.04 bits per heavy atom. The predicted molar refractivity (Wildman–Crippen MR) is 99.3 cm³/mol. The van der Waals surface area contributed by atoms with Gasteiger partial charge in [0.2, 0.25) is 0 Å². The molecule has 3 heterocycles. The van der Waals surface area contributed by atoms with E-state index in [0.717, 1.165) is 52.4 Å². The summed E-state index contributed by atoms with van der Waals surface area (Å²) in [6, 6.07) is 0. The van der Waals surface area contributed by atoms with Gasteiger partial charge < -0.3 is 36.1 Å². The lowest BCUT2D eigenvalue weighted by atomic mass is 10.3. The Bertz CT molecular complexity index is 454. The highest BCUT2D eigenvalue weighted by atomic mass is 16.6. The van der Waals surface area contributed by atoms with Crippen molar-refractivity contribution in [1.29, 1.82) is 0 Å². The van der Waals surface area contributed by atoms with Crippen molar-refractivity contribution in [2.45, 2.75) is 25.5 Å². The Morgan fingerprint density at radius 2 is 1.54 bits per heavy atom. The maximum atomic E-state index is 10.4. The lowest BCUT2D eigenvalue weighted by molar-refractivity contribution is -0.396. The molecule has 4 N–H and O–H groups in total. The van der Waals surface area contributed by atoms with Crippen molar-refractivity contribution in [2.24, 2.45) is 0 Å². The van der Waals surface area contributed by atoms with E-state index in [1.165, 1.54) is 23.6 Å². The maximum absolute atomic E-state index is 10.4. The number of nitrogens with zero attached hydrogens (tertiary/aromatic N) is 3. The van der Waals surface area contributed by atoms with E-state index >= 15 is 0 Å². The third kappa shape index (κ3) is 9.20. The van der Waals surface area contributed by atoms with E-state index in [-0.39, 0.29) is 12.1 Å². The van der Waals surface area contributed by atoms with Crippen LogP contribution in [0.2, 0.25) is 0 Å². The molecule has 1 aromatic rings. The summed E-state index contributed by atoms with van der Waals surface area (Å²) in [6.45, 7) is 10.1. The van der Waals surface area contributed by atoms with Crippen LogP contribution in [0, 0.1) is 10.1 Å². The largest absolute Gasteiger partial charge is 0.434 e. The van der Waals surface area contributed by atoms with Crippen molar-refractivity contribution in [1.82, 2.24) is 30.8 Å². The van der Waals surface area contributed by atoms with Crippen LogP contribution in [0.1, 0.15) is 12.8 Å². The van der Waals surface area contributed by atoms with Gasteiger partial charge in [-0.05, 0) is 43.9 Å². The second kappa shape index (κ2) is 12.7. The Labute approximate surface area is 154 Å². The van der Waals surface area contributed by atoms with Gasteiger partial charge in [-0.15, -0.1) is 0 Å². The van der Waals surface area contributed by atoms with Gasteiger partial charge in [0, 0.05) is 26.2 Å². The Hall–Kier alpha value is -1.59. The third-order valence-corrected chi connectivity index (χ3v) is 4.03. The highest BCUT2D eigenvalue weighted by Crippen LogP contribution is 2.15. The quantitative estimate of drug-likeness (QED) is 0.314. The number of hydrogen-bond donors (Lipinski definition) is 4. The maximum Gasteiger partial charge on any atom is 0.434 e. The van der Waals surface area contributed by atoms with Crippen LogP contribution in [0.5, 0.6) is 0 Å². The minimum atomic E-state index is -0.498. The van der Waals surface area contributed by atoms with Gasteiger partial charge in [-0.3, -0.25) is 0 Å². The van der Waals surface area contributed by atoms with Crippen molar-refractivity contribution >= 4 is 5.95 Å². The Morgan fingerprint density at radius 3 is 1.96 bits per heavy atom. The van der Waals surface area contributed by atoms with Crippen molar-refractivity contribution < 1.29 is 9.66 Å². The number of aromatic nitrogens is 2. The van der Waals surface area contributed by atoms with Crippen LogP contribution >= 0.6 is 0 Å². The van der Waals surface area contributed by atoms with Crippen molar-refractivity contribution in [2.75, 3.05) is 59.0 Å². The molecule has 148 valence electrons. The normalized spacial score (nSPS) is 22.5. The highest BCUT2D eigenvalue weighted by Gasteiger charge is 2.27. The minimum Gasteiger partial charge on any atom is -0.390 e. The summed E-state index contributed by atoms with van der Waals surface area (Å²) < 4.78 is 6.43. The third-order valence-electron chi connectivity index (χ3n) is 4.03. The molecule has 0 saturated carbocycles. The highest BCUT2D eigenvalue weighted by molar-refractivity contribution is 5.07. The van der Waals surface area contributed by atoms with E-state index < -0.39 is 4.92 Å². The summed E-state index contributed by atoms with van der Waals surface area (Å²) in [5, 5.41) is 24.1. The molecule has 1 atom stereocenters. The fourth-order valence-corrected chi connectivity index (χ4v) is 2.54. The molecule has 0 bridgehead atoms. The Kier molecular flexibility index (Phi) is 10.1. The SMILES string of the molecule is C1CNCCNCCCNCCNC1.O=[N+]([O-])c1nccn1CC1CO1. The van der Waals surface area contributed by atoms with E-state index in [1.54, 1.807) is 6.20 Å². The molecule has 10 nitrogen and oxygen atoms in total. The van der Waals surface area contributed by atoms with Crippen LogP contribution in [0.3, 0.4) is 0 Å². The van der Waals surface area contributed by atoms with E-state index in [4.69, 9.17) is 4.74 Å². The first-order valence-electron chi connectivity index (χ1n) is 9.37. The monoisotopic (exact) mass is 369 g/mol. The van der Waals surface area contributed by atoms with E-state index in [9.17, 15) is 10.1 Å². The van der Waals surface area contributed by atoms with Crippen LogP contribution in [0.15, 0.2) is 12.4 Å². The summed E-state index contributed by atoms with van der Waals surface area (Å²) in [4.78, 5) is 13.5. The minimum absolute atomic E-state index is 0.120. The lowest BCUT2D eigenvalue weighted by Crippen LogP contribution is -2.34. The number of nitro groups is 1. The van der Waals surface area contributed by atoms with E-state index in [0.29, 0.717) is 13.2 Å². The molecule has 0 amide bonds. The predicted octanol–water partition coefficient (Wildman–Crippen LogP) is -0.671. The second-order valence-electron chi connectivity index (χ2n) is 6.30. The summed E-state index contributed by atoms with van der Waals surface area (Å²) in [5.41, 5.74) is 0. The molecule has 2 aliphatic rings. The molecule has 3 rings (SSSR count). The molecule has 0 radical (unpaired) electrons. The van der Waals surface area contributed by atoms with Gasteiger partial charge in [-0.1, -0.05) is 4.98 Å². The zero-order chi connectivity index (χ0) is 18.5. The van der Waals surface area contributed by atoms with Crippen LogP contribution in [0.4, 0.5) is 5.95 Å². The summed E-state index contributed by atoms with van der Waals surface area (Å²) >= 11 is 0. The van der Waals surface area contributed by atoms with Gasteiger partial charge in [0.15, 0.2) is 0 Å². The van der Waals surface area contributed by atoms with Crippen molar-refractivity contribution in [3.05, 3.63) is 22.5 Å². The summed E-state index contributed by atoms with van der Waals surface area (Å²) in [6.07, 6.45) is 5.58. The van der Waals surface area contributed by atoms with Gasteiger partial charge >= 0.3 is 5.95 Å². The molecule has 0 spiro atoms. The fourth-order valence-electron chi connectivity index (χ4n) is 2.54. The van der Waals surface area contributed by atoms with Gasteiger partial charge in [0.25, 0.3) is 0 Å². The number of ether oxygens (including phenoxy) is 1. The molecule has 2 fully saturated rings. The molecular formula is C16H31N7O3. The summed E-state index contributed by atoms with van der Waals surface area (Å²) in [5.74, 6) is -0.120. The number of epoxide rings is 1. The van der Waals surface area contributed by atoms with Crippen LogP contribution in [0.25, 0.3) is 0 Å². The van der Waals surface area contributed by atoms with Gasteiger partial charge in [-0.2, -0.15) is 0 Å². The zero-order valence-corrected chi connectivity index (χ0v) is 15.3. The standard InChI is InChI=1S/C10H24N4.C6H7N3O3/c1-3-11-7-9-13-5-2-6-14-10-8-12-4-1;10-9(11)6-7-1-2-8(6)3-5-4-12-5/h11-14H,1-10H2;1-2,5H,3-4H2. The molecule has 10 heteroatoms. The first kappa shape index (κ1) is 20.7. The molecular weight excluding hydrogens is 338 g/mol. The molecule has 1 unspecified atom stereocenters. The van der Waals surface area contributed by atoms with Crippen LogP contribution < -0.4 is 21.3 Å². The molecule has 2 aliphatic heterocycles. The van der Waals surface area contributed by atoms with E-state index in [1.807, 2.05) is 0 Å². The van der Waals surface area contributed by atoms with Crippen LogP contribution in [-0.2, 0) is 11.3 Å². The number of rotatable bonds is 3. The molecule has 0 aliphatic carbocycles.